The lowest BCUT2D eigenvalue weighted by molar-refractivity contribution is -0.120. The van der Waals surface area contributed by atoms with Crippen LogP contribution in [0.15, 0.2) is 83.8 Å². The lowest BCUT2D eigenvalue weighted by Gasteiger charge is -2.31. The number of sulfonamides is 1. The Kier molecular flexibility index (Phi) is 7.49. The molecular formula is C26H28N2O5S. The van der Waals surface area contributed by atoms with Crippen LogP contribution < -0.4 is 14.8 Å². The third-order valence-corrected chi connectivity index (χ3v) is 7.70. The van der Waals surface area contributed by atoms with Gasteiger partial charge in [0.25, 0.3) is 0 Å². The first-order valence-corrected chi connectivity index (χ1v) is 12.6. The molecule has 178 valence electrons. The van der Waals surface area contributed by atoms with Gasteiger partial charge in [-0.3, -0.25) is 4.79 Å². The van der Waals surface area contributed by atoms with Gasteiger partial charge in [0, 0.05) is 18.8 Å². The minimum absolute atomic E-state index is 0.151. The quantitative estimate of drug-likeness (QED) is 0.519. The van der Waals surface area contributed by atoms with Gasteiger partial charge in [0.1, 0.15) is 18.1 Å². The fraction of sp³-hybridized carbons (Fsp3) is 0.269. The van der Waals surface area contributed by atoms with Crippen molar-refractivity contribution in [3.05, 3.63) is 84.4 Å². The number of methoxy groups -OCH3 is 1. The fourth-order valence-corrected chi connectivity index (χ4v) is 5.42. The average Bonchev–Trinajstić information content (AvgIpc) is 2.89. The van der Waals surface area contributed by atoms with E-state index in [2.05, 4.69) is 5.32 Å². The molecule has 0 unspecified atom stereocenters. The van der Waals surface area contributed by atoms with Crippen molar-refractivity contribution in [2.75, 3.05) is 25.5 Å². The summed E-state index contributed by atoms with van der Waals surface area (Å²) in [5, 5.41) is 2.91. The minimum atomic E-state index is -3.68. The number of nitrogens with zero attached hydrogens (tertiary/aromatic N) is 1. The Labute approximate surface area is 200 Å². The molecule has 0 aliphatic carbocycles. The largest absolute Gasteiger partial charge is 0.497 e. The zero-order valence-electron chi connectivity index (χ0n) is 19.0. The van der Waals surface area contributed by atoms with Crippen LogP contribution in [0.4, 0.5) is 5.69 Å². The maximum Gasteiger partial charge on any atom is 0.243 e. The summed E-state index contributed by atoms with van der Waals surface area (Å²) in [4.78, 5) is 13.1. The summed E-state index contributed by atoms with van der Waals surface area (Å²) in [7, 11) is -2.15. The first-order chi connectivity index (χ1) is 16.5. The van der Waals surface area contributed by atoms with E-state index < -0.39 is 15.9 Å². The van der Waals surface area contributed by atoms with Crippen molar-refractivity contribution in [2.24, 2.45) is 5.92 Å². The van der Waals surface area contributed by atoms with Gasteiger partial charge in [-0.1, -0.05) is 30.3 Å². The van der Waals surface area contributed by atoms with E-state index in [9.17, 15) is 13.2 Å². The van der Waals surface area contributed by atoms with E-state index in [1.807, 2.05) is 30.3 Å². The number of rotatable bonds is 8. The molecule has 34 heavy (non-hydrogen) atoms. The van der Waals surface area contributed by atoms with Gasteiger partial charge in [0.05, 0.1) is 17.9 Å². The summed E-state index contributed by atoms with van der Waals surface area (Å²) in [6.45, 7) is 1.01. The fourth-order valence-electron chi connectivity index (χ4n) is 3.89. The Morgan fingerprint density at radius 1 is 0.971 bits per heavy atom. The predicted molar refractivity (Wildman–Crippen MR) is 130 cm³/mol. The topological polar surface area (TPSA) is 84.9 Å². The molecule has 3 aromatic rings. The van der Waals surface area contributed by atoms with E-state index >= 15 is 0 Å². The highest BCUT2D eigenvalue weighted by Crippen LogP contribution is 2.26. The van der Waals surface area contributed by atoms with Crippen molar-refractivity contribution in [1.82, 2.24) is 4.31 Å². The van der Waals surface area contributed by atoms with Crippen molar-refractivity contribution in [3.63, 3.8) is 0 Å². The molecule has 3 aromatic carbocycles. The molecule has 1 saturated heterocycles. The first kappa shape index (κ1) is 23.8. The molecule has 0 aromatic heterocycles. The molecule has 7 nitrogen and oxygen atoms in total. The number of carbonyl (C=O) groups excluding carboxylic acids is 1. The van der Waals surface area contributed by atoms with Crippen LogP contribution in [0.3, 0.4) is 0 Å². The van der Waals surface area contributed by atoms with Crippen LogP contribution in [0.2, 0.25) is 0 Å². The van der Waals surface area contributed by atoms with Gasteiger partial charge in [-0.05, 0) is 66.9 Å². The van der Waals surface area contributed by atoms with Crippen molar-refractivity contribution in [2.45, 2.75) is 24.3 Å². The van der Waals surface area contributed by atoms with Gasteiger partial charge < -0.3 is 14.8 Å². The average molecular weight is 481 g/mol. The van der Waals surface area contributed by atoms with Gasteiger partial charge >= 0.3 is 0 Å². The molecule has 1 amide bonds. The van der Waals surface area contributed by atoms with E-state index in [1.165, 1.54) is 23.5 Å². The Balaban J connectivity index is 1.34. The Morgan fingerprint density at radius 2 is 1.65 bits per heavy atom. The zero-order valence-corrected chi connectivity index (χ0v) is 19.8. The monoisotopic (exact) mass is 480 g/mol. The molecule has 0 radical (unpaired) electrons. The van der Waals surface area contributed by atoms with Crippen LogP contribution in [-0.2, 0) is 21.4 Å². The van der Waals surface area contributed by atoms with E-state index in [0.29, 0.717) is 43.2 Å². The molecule has 0 bridgehead atoms. The van der Waals surface area contributed by atoms with Crippen molar-refractivity contribution in [1.29, 1.82) is 0 Å². The van der Waals surface area contributed by atoms with Gasteiger partial charge in [-0.25, -0.2) is 8.42 Å². The second kappa shape index (κ2) is 10.7. The molecule has 0 saturated carbocycles. The molecule has 1 fully saturated rings. The predicted octanol–water partition coefficient (Wildman–Crippen LogP) is 4.31. The first-order valence-electron chi connectivity index (χ1n) is 11.2. The molecule has 1 N–H and O–H groups in total. The lowest BCUT2D eigenvalue weighted by atomic mass is 9.99. The molecule has 1 aliphatic heterocycles. The SMILES string of the molecule is COc1ccc(S(=O)(=O)N2CCC[C@@H](C(=O)Nc3ccc(OCc4ccccc4)cc3)C2)cc1. The summed E-state index contributed by atoms with van der Waals surface area (Å²) in [5.41, 5.74) is 1.72. The summed E-state index contributed by atoms with van der Waals surface area (Å²) in [5.74, 6) is 0.686. The molecular weight excluding hydrogens is 452 g/mol. The Morgan fingerprint density at radius 3 is 2.32 bits per heavy atom. The van der Waals surface area contributed by atoms with Gasteiger partial charge in [0.15, 0.2) is 0 Å². The highest BCUT2D eigenvalue weighted by atomic mass is 32.2. The maximum atomic E-state index is 13.1. The molecule has 0 spiro atoms. The van der Waals surface area contributed by atoms with Crippen LogP contribution in [0, 0.1) is 5.92 Å². The lowest BCUT2D eigenvalue weighted by Crippen LogP contribution is -2.43. The summed E-state index contributed by atoms with van der Waals surface area (Å²) in [6, 6.07) is 23.4. The molecule has 8 heteroatoms. The highest BCUT2D eigenvalue weighted by molar-refractivity contribution is 7.89. The number of carbonyl (C=O) groups is 1. The van der Waals surface area contributed by atoms with Crippen LogP contribution in [0.5, 0.6) is 11.5 Å². The number of hydrogen-bond acceptors (Lipinski definition) is 5. The van der Waals surface area contributed by atoms with E-state index in [1.54, 1.807) is 36.4 Å². The van der Waals surface area contributed by atoms with Crippen LogP contribution in [0.1, 0.15) is 18.4 Å². The number of anilines is 1. The molecule has 4 rings (SSSR count). The third-order valence-electron chi connectivity index (χ3n) is 5.82. The number of hydrogen-bond donors (Lipinski definition) is 1. The molecule has 1 heterocycles. The van der Waals surface area contributed by atoms with Crippen molar-refractivity contribution >= 4 is 21.6 Å². The smallest absolute Gasteiger partial charge is 0.243 e. The van der Waals surface area contributed by atoms with Crippen LogP contribution in [0.25, 0.3) is 0 Å². The normalized spacial score (nSPS) is 16.6. The van der Waals surface area contributed by atoms with E-state index in [4.69, 9.17) is 9.47 Å². The number of amides is 1. The Bertz CT molecular complexity index is 1200. The second-order valence-corrected chi connectivity index (χ2v) is 10.1. The minimum Gasteiger partial charge on any atom is -0.497 e. The van der Waals surface area contributed by atoms with Gasteiger partial charge in [0.2, 0.25) is 15.9 Å². The second-order valence-electron chi connectivity index (χ2n) is 8.17. The zero-order chi connectivity index (χ0) is 24.0. The van der Waals surface area contributed by atoms with Crippen LogP contribution in [-0.4, -0.2) is 38.8 Å². The van der Waals surface area contributed by atoms with Crippen molar-refractivity contribution in [3.8, 4) is 11.5 Å². The Hall–Kier alpha value is -3.36. The van der Waals surface area contributed by atoms with Gasteiger partial charge in [-0.15, -0.1) is 0 Å². The number of piperidine rings is 1. The number of benzene rings is 3. The van der Waals surface area contributed by atoms with E-state index in [-0.39, 0.29) is 17.3 Å². The number of nitrogens with one attached hydrogen (secondary N) is 1. The van der Waals surface area contributed by atoms with Gasteiger partial charge in [-0.2, -0.15) is 4.31 Å². The highest BCUT2D eigenvalue weighted by Gasteiger charge is 2.33. The summed E-state index contributed by atoms with van der Waals surface area (Å²) >= 11 is 0. The standard InChI is InChI=1S/C26H28N2O5S/c1-32-23-13-15-25(16-14-23)34(30,31)28-17-5-8-21(18-28)26(29)27-22-9-11-24(12-10-22)33-19-20-6-3-2-4-7-20/h2-4,6-7,9-16,21H,5,8,17-19H2,1H3,(H,27,29)/t21-/m1/s1. The van der Waals surface area contributed by atoms with Crippen molar-refractivity contribution < 1.29 is 22.7 Å². The third kappa shape index (κ3) is 5.76. The van der Waals surface area contributed by atoms with E-state index in [0.717, 1.165) is 5.56 Å². The molecule has 1 atom stereocenters. The van der Waals surface area contributed by atoms with Crippen LogP contribution >= 0.6 is 0 Å². The summed E-state index contributed by atoms with van der Waals surface area (Å²) in [6.07, 6.45) is 1.26. The maximum absolute atomic E-state index is 13.1. The summed E-state index contributed by atoms with van der Waals surface area (Å²) < 4.78 is 38.4. The number of ether oxygens (including phenoxy) is 2. The molecule has 1 aliphatic rings.